The Kier molecular flexibility index (Phi) is 6.84. The first-order valence-corrected chi connectivity index (χ1v) is 6.73. The molecule has 116 valence electrons. The summed E-state index contributed by atoms with van der Waals surface area (Å²) in [5.74, 6) is -0.572. The summed E-state index contributed by atoms with van der Waals surface area (Å²) in [4.78, 5) is 25.4. The summed E-state index contributed by atoms with van der Waals surface area (Å²) in [6.45, 7) is 1.92. The fraction of sp³-hybridized carbons (Fsp3) is 0.467. The molecule has 0 aliphatic rings. The topological polar surface area (TPSA) is 78.9 Å². The first-order valence-electron chi connectivity index (χ1n) is 6.73. The quantitative estimate of drug-likeness (QED) is 0.756. The second-order valence-corrected chi connectivity index (χ2v) is 4.89. The third-order valence-electron chi connectivity index (χ3n) is 2.97. The molecule has 2 N–H and O–H groups in total. The Hall–Kier alpha value is -1.92. The van der Waals surface area contributed by atoms with E-state index in [-0.39, 0.29) is 25.0 Å². The first-order chi connectivity index (χ1) is 9.95. The maximum Gasteiger partial charge on any atom is 0.251 e. The molecule has 1 rings (SSSR count). The van der Waals surface area contributed by atoms with Crippen molar-refractivity contribution in [2.24, 2.45) is 0 Å². The van der Waals surface area contributed by atoms with Crippen LogP contribution in [0.15, 0.2) is 30.3 Å². The highest BCUT2D eigenvalue weighted by atomic mass is 16.5. The number of carbonyl (C=O) groups is 2. The monoisotopic (exact) mass is 294 g/mol. The fourth-order valence-corrected chi connectivity index (χ4v) is 1.91. The van der Waals surface area contributed by atoms with Gasteiger partial charge in [-0.3, -0.25) is 9.59 Å². The van der Waals surface area contributed by atoms with E-state index in [2.05, 4.69) is 5.32 Å². The van der Waals surface area contributed by atoms with E-state index in [9.17, 15) is 14.7 Å². The molecule has 0 spiro atoms. The number of hydrogen-bond acceptors (Lipinski definition) is 4. The minimum atomic E-state index is -0.749. The molecule has 0 aromatic heterocycles. The van der Waals surface area contributed by atoms with Crippen LogP contribution in [-0.4, -0.2) is 61.3 Å². The molecule has 0 bridgehead atoms. The van der Waals surface area contributed by atoms with Crippen LogP contribution in [0.3, 0.4) is 0 Å². The Morgan fingerprint density at radius 1 is 1.33 bits per heavy atom. The molecule has 1 aromatic carbocycles. The second kappa shape index (κ2) is 8.39. The smallest absolute Gasteiger partial charge is 0.251 e. The SMILES string of the molecule is COCC(O)CN(C)C(=O)C(C)NC(=O)c1ccccc1. The summed E-state index contributed by atoms with van der Waals surface area (Å²) in [5, 5.41) is 12.2. The molecule has 1 aromatic rings. The predicted octanol–water partition coefficient (Wildman–Crippen LogP) is 0.271. The van der Waals surface area contributed by atoms with Gasteiger partial charge in [0.25, 0.3) is 5.91 Å². The van der Waals surface area contributed by atoms with Crippen LogP contribution in [0.4, 0.5) is 0 Å². The molecule has 2 unspecified atom stereocenters. The number of rotatable bonds is 7. The number of aliphatic hydroxyl groups is 1. The highest BCUT2D eigenvalue weighted by Gasteiger charge is 2.21. The number of amides is 2. The van der Waals surface area contributed by atoms with E-state index in [0.717, 1.165) is 0 Å². The summed E-state index contributed by atoms with van der Waals surface area (Å²) in [6, 6.07) is 8.02. The Morgan fingerprint density at radius 2 is 1.95 bits per heavy atom. The number of benzene rings is 1. The predicted molar refractivity (Wildman–Crippen MR) is 78.9 cm³/mol. The van der Waals surface area contributed by atoms with E-state index < -0.39 is 12.1 Å². The van der Waals surface area contributed by atoms with E-state index in [1.54, 1.807) is 38.2 Å². The van der Waals surface area contributed by atoms with Crippen LogP contribution in [0, 0.1) is 0 Å². The van der Waals surface area contributed by atoms with Crippen molar-refractivity contribution in [3.05, 3.63) is 35.9 Å². The summed E-state index contributed by atoms with van der Waals surface area (Å²) in [7, 11) is 3.06. The van der Waals surface area contributed by atoms with Gasteiger partial charge in [-0.1, -0.05) is 18.2 Å². The Bertz CT molecular complexity index is 464. The Labute approximate surface area is 124 Å². The summed E-state index contributed by atoms with van der Waals surface area (Å²) >= 11 is 0. The van der Waals surface area contributed by atoms with Crippen molar-refractivity contribution in [2.75, 3.05) is 27.3 Å². The highest BCUT2D eigenvalue weighted by molar-refractivity contribution is 5.97. The van der Waals surface area contributed by atoms with Crippen molar-refractivity contribution in [3.8, 4) is 0 Å². The molecular weight excluding hydrogens is 272 g/mol. The van der Waals surface area contributed by atoms with Crippen LogP contribution in [0.2, 0.25) is 0 Å². The molecule has 0 saturated heterocycles. The van der Waals surface area contributed by atoms with Gasteiger partial charge in [0, 0.05) is 26.3 Å². The lowest BCUT2D eigenvalue weighted by molar-refractivity contribution is -0.133. The zero-order chi connectivity index (χ0) is 15.8. The zero-order valence-corrected chi connectivity index (χ0v) is 12.6. The van der Waals surface area contributed by atoms with Gasteiger partial charge >= 0.3 is 0 Å². The molecule has 2 atom stereocenters. The van der Waals surface area contributed by atoms with Crippen molar-refractivity contribution in [2.45, 2.75) is 19.1 Å². The molecule has 0 radical (unpaired) electrons. The maximum absolute atomic E-state index is 12.1. The normalized spacial score (nSPS) is 13.3. The lowest BCUT2D eigenvalue weighted by Gasteiger charge is -2.24. The van der Waals surface area contributed by atoms with Crippen LogP contribution in [0.5, 0.6) is 0 Å². The number of nitrogens with one attached hydrogen (secondary N) is 1. The standard InChI is InChI=1S/C15H22N2O4/c1-11(15(20)17(2)9-13(18)10-21-3)16-14(19)12-7-5-4-6-8-12/h4-8,11,13,18H,9-10H2,1-3H3,(H,16,19). The van der Waals surface area contributed by atoms with E-state index >= 15 is 0 Å². The third kappa shape index (κ3) is 5.53. The maximum atomic E-state index is 12.1. The van der Waals surface area contributed by atoms with Crippen molar-refractivity contribution >= 4 is 11.8 Å². The van der Waals surface area contributed by atoms with Gasteiger partial charge in [-0.2, -0.15) is 0 Å². The summed E-state index contributed by atoms with van der Waals surface area (Å²) < 4.78 is 4.81. The van der Waals surface area contributed by atoms with Crippen LogP contribution >= 0.6 is 0 Å². The third-order valence-corrected chi connectivity index (χ3v) is 2.97. The van der Waals surface area contributed by atoms with E-state index in [1.165, 1.54) is 12.0 Å². The number of carbonyl (C=O) groups excluding carboxylic acids is 2. The Morgan fingerprint density at radius 3 is 2.52 bits per heavy atom. The van der Waals surface area contributed by atoms with E-state index in [0.29, 0.717) is 5.56 Å². The first kappa shape index (κ1) is 17.1. The van der Waals surface area contributed by atoms with Crippen molar-refractivity contribution in [3.63, 3.8) is 0 Å². The van der Waals surface area contributed by atoms with E-state index in [4.69, 9.17) is 4.74 Å². The molecule has 21 heavy (non-hydrogen) atoms. The average Bonchev–Trinajstić information content (AvgIpc) is 2.47. The molecule has 6 heteroatoms. The largest absolute Gasteiger partial charge is 0.389 e. The van der Waals surface area contributed by atoms with Gasteiger partial charge in [0.1, 0.15) is 6.04 Å². The molecule has 2 amide bonds. The zero-order valence-electron chi connectivity index (χ0n) is 12.6. The van der Waals surface area contributed by atoms with Gasteiger partial charge in [0.2, 0.25) is 5.91 Å². The number of methoxy groups -OCH3 is 1. The van der Waals surface area contributed by atoms with Crippen LogP contribution in [0.1, 0.15) is 17.3 Å². The summed E-state index contributed by atoms with van der Waals surface area (Å²) in [5.41, 5.74) is 0.499. The second-order valence-electron chi connectivity index (χ2n) is 4.89. The van der Waals surface area contributed by atoms with Crippen LogP contribution in [0.25, 0.3) is 0 Å². The van der Waals surface area contributed by atoms with Crippen molar-refractivity contribution in [1.82, 2.24) is 10.2 Å². The molecule has 0 fully saturated rings. The van der Waals surface area contributed by atoms with Gasteiger partial charge in [0.15, 0.2) is 0 Å². The lowest BCUT2D eigenvalue weighted by atomic mass is 10.2. The van der Waals surface area contributed by atoms with Crippen LogP contribution in [-0.2, 0) is 9.53 Å². The number of ether oxygens (including phenoxy) is 1. The van der Waals surface area contributed by atoms with Crippen molar-refractivity contribution in [1.29, 1.82) is 0 Å². The Balaban J connectivity index is 2.52. The number of likely N-dealkylation sites (N-methyl/N-ethyl adjacent to an activating group) is 1. The molecule has 0 aliphatic heterocycles. The molecule has 0 saturated carbocycles. The highest BCUT2D eigenvalue weighted by Crippen LogP contribution is 2.01. The lowest BCUT2D eigenvalue weighted by Crippen LogP contribution is -2.47. The summed E-state index contributed by atoms with van der Waals surface area (Å²) in [6.07, 6.45) is -0.749. The minimum absolute atomic E-state index is 0.151. The fourth-order valence-electron chi connectivity index (χ4n) is 1.91. The van der Waals surface area contributed by atoms with Gasteiger partial charge in [-0.05, 0) is 19.1 Å². The molecule has 6 nitrogen and oxygen atoms in total. The van der Waals surface area contributed by atoms with E-state index in [1.807, 2.05) is 6.07 Å². The van der Waals surface area contributed by atoms with Gasteiger partial charge in [-0.25, -0.2) is 0 Å². The minimum Gasteiger partial charge on any atom is -0.389 e. The van der Waals surface area contributed by atoms with Gasteiger partial charge in [0.05, 0.1) is 12.7 Å². The number of hydrogen-bond donors (Lipinski definition) is 2. The molecule has 0 aliphatic carbocycles. The average molecular weight is 294 g/mol. The number of aliphatic hydroxyl groups excluding tert-OH is 1. The van der Waals surface area contributed by atoms with Gasteiger partial charge in [-0.15, -0.1) is 0 Å². The van der Waals surface area contributed by atoms with Crippen LogP contribution < -0.4 is 5.32 Å². The van der Waals surface area contributed by atoms with Crippen molar-refractivity contribution < 1.29 is 19.4 Å². The molecular formula is C15H22N2O4. The molecule has 0 heterocycles. The van der Waals surface area contributed by atoms with Gasteiger partial charge < -0.3 is 20.1 Å². The number of nitrogens with zero attached hydrogens (tertiary/aromatic N) is 1.